The predicted molar refractivity (Wildman–Crippen MR) is 81.0 cm³/mol. The first kappa shape index (κ1) is 17.8. The van der Waals surface area contributed by atoms with Gasteiger partial charge in [0.15, 0.2) is 6.10 Å². The number of carbonyl (C=O) groups is 2. The summed E-state index contributed by atoms with van der Waals surface area (Å²) in [5.41, 5.74) is 0.244. The molecule has 0 unspecified atom stereocenters. The lowest BCUT2D eigenvalue weighted by atomic mass is 10.3. The third kappa shape index (κ3) is 5.27. The molecule has 2 aromatic rings. The van der Waals surface area contributed by atoms with Crippen LogP contribution in [-0.2, 0) is 9.53 Å². The van der Waals surface area contributed by atoms with Crippen molar-refractivity contribution in [2.45, 2.75) is 19.4 Å². The van der Waals surface area contributed by atoms with Crippen LogP contribution in [0.5, 0.6) is 5.75 Å². The smallest absolute Gasteiger partial charge is 0.448 e. The van der Waals surface area contributed by atoms with Gasteiger partial charge in [-0.15, -0.1) is 24.5 Å². The van der Waals surface area contributed by atoms with Crippen molar-refractivity contribution in [3.63, 3.8) is 0 Å². The van der Waals surface area contributed by atoms with E-state index in [1.54, 1.807) is 17.5 Å². The average Bonchev–Trinajstić information content (AvgIpc) is 3.02. The van der Waals surface area contributed by atoms with Crippen LogP contribution in [0, 0.1) is 0 Å². The molecule has 0 saturated carbocycles. The lowest BCUT2D eigenvalue weighted by Crippen LogP contribution is -2.29. The number of carbonyl (C=O) groups excluding carboxylic acids is 2. The molecule has 1 heterocycles. The highest BCUT2D eigenvalue weighted by atomic mass is 32.1. The maximum atomic E-state index is 12.1. The van der Waals surface area contributed by atoms with E-state index in [0.29, 0.717) is 4.88 Å². The highest BCUT2D eigenvalue weighted by Gasteiger charge is 2.31. The number of alkyl halides is 3. The van der Waals surface area contributed by atoms with Gasteiger partial charge in [-0.3, -0.25) is 4.79 Å². The van der Waals surface area contributed by atoms with Gasteiger partial charge in [-0.05, 0) is 42.6 Å². The molecule has 0 fully saturated rings. The molecule has 0 aliphatic heterocycles. The molecule has 0 aliphatic carbocycles. The number of nitrogens with one attached hydrogen (secondary N) is 1. The number of rotatable bonds is 5. The molecule has 2 rings (SSSR count). The Labute approximate surface area is 139 Å². The summed E-state index contributed by atoms with van der Waals surface area (Å²) in [6, 6.07) is 7.85. The number of benzene rings is 1. The molecular formula is C15H12F3NO4S. The number of anilines is 1. The van der Waals surface area contributed by atoms with Crippen molar-refractivity contribution in [1.82, 2.24) is 0 Å². The zero-order chi connectivity index (χ0) is 17.7. The number of hydrogen-bond acceptors (Lipinski definition) is 5. The molecule has 0 aliphatic rings. The fourth-order valence-electron chi connectivity index (χ4n) is 1.65. The minimum absolute atomic E-state index is 0.244. The van der Waals surface area contributed by atoms with Crippen LogP contribution in [-0.4, -0.2) is 24.3 Å². The lowest BCUT2D eigenvalue weighted by molar-refractivity contribution is -0.274. The summed E-state index contributed by atoms with van der Waals surface area (Å²) < 4.78 is 44.9. The summed E-state index contributed by atoms with van der Waals surface area (Å²) in [4.78, 5) is 24.0. The fraction of sp³-hybridized carbons (Fsp3) is 0.200. The average molecular weight is 359 g/mol. The zero-order valence-corrected chi connectivity index (χ0v) is 13.1. The molecule has 1 N–H and O–H groups in total. The molecule has 5 nitrogen and oxygen atoms in total. The van der Waals surface area contributed by atoms with Crippen LogP contribution in [0.1, 0.15) is 16.6 Å². The number of thiophene rings is 1. The van der Waals surface area contributed by atoms with Crippen LogP contribution < -0.4 is 10.1 Å². The van der Waals surface area contributed by atoms with E-state index in [4.69, 9.17) is 4.74 Å². The first-order chi connectivity index (χ1) is 11.2. The predicted octanol–water partition coefficient (Wildman–Crippen LogP) is 3.83. The van der Waals surface area contributed by atoms with Gasteiger partial charge < -0.3 is 14.8 Å². The van der Waals surface area contributed by atoms with Crippen LogP contribution in [0.25, 0.3) is 0 Å². The van der Waals surface area contributed by atoms with E-state index in [9.17, 15) is 22.8 Å². The third-order valence-corrected chi connectivity index (χ3v) is 3.58. The van der Waals surface area contributed by atoms with Crippen molar-refractivity contribution in [3.05, 3.63) is 46.7 Å². The van der Waals surface area contributed by atoms with E-state index in [1.165, 1.54) is 30.4 Å². The van der Waals surface area contributed by atoms with Gasteiger partial charge in [-0.25, -0.2) is 4.79 Å². The van der Waals surface area contributed by atoms with Crippen molar-refractivity contribution in [3.8, 4) is 5.75 Å². The van der Waals surface area contributed by atoms with E-state index >= 15 is 0 Å². The van der Waals surface area contributed by atoms with E-state index < -0.39 is 30.1 Å². The van der Waals surface area contributed by atoms with Crippen molar-refractivity contribution < 1.29 is 32.2 Å². The molecule has 1 amide bonds. The third-order valence-electron chi connectivity index (χ3n) is 2.73. The zero-order valence-electron chi connectivity index (χ0n) is 12.3. The number of amides is 1. The van der Waals surface area contributed by atoms with Gasteiger partial charge in [0.2, 0.25) is 0 Å². The topological polar surface area (TPSA) is 64.6 Å². The van der Waals surface area contributed by atoms with Crippen molar-refractivity contribution in [2.75, 3.05) is 5.32 Å². The summed E-state index contributed by atoms with van der Waals surface area (Å²) in [5.74, 6) is -1.64. The van der Waals surface area contributed by atoms with E-state index in [2.05, 4.69) is 10.1 Å². The molecule has 0 radical (unpaired) electrons. The molecule has 0 bridgehead atoms. The maximum absolute atomic E-state index is 12.1. The fourth-order valence-corrected chi connectivity index (χ4v) is 2.26. The molecule has 1 atom stereocenters. The van der Waals surface area contributed by atoms with Crippen LogP contribution in [0.3, 0.4) is 0 Å². The quantitative estimate of drug-likeness (QED) is 0.824. The Kier molecular flexibility index (Phi) is 5.45. The second kappa shape index (κ2) is 7.35. The molecule has 0 spiro atoms. The van der Waals surface area contributed by atoms with Gasteiger partial charge in [0.05, 0.1) is 0 Å². The second-order valence-electron chi connectivity index (χ2n) is 4.59. The normalized spacial score (nSPS) is 12.3. The Balaban J connectivity index is 1.90. The van der Waals surface area contributed by atoms with Crippen molar-refractivity contribution >= 4 is 28.9 Å². The summed E-state index contributed by atoms with van der Waals surface area (Å²) >= 11 is 1.18. The summed E-state index contributed by atoms with van der Waals surface area (Å²) in [5, 5.41) is 4.13. The van der Waals surface area contributed by atoms with Crippen LogP contribution in [0.2, 0.25) is 0 Å². The van der Waals surface area contributed by atoms with Crippen LogP contribution >= 0.6 is 11.3 Å². The van der Waals surface area contributed by atoms with Gasteiger partial charge in [0.1, 0.15) is 10.6 Å². The molecular weight excluding hydrogens is 347 g/mol. The Morgan fingerprint density at radius 3 is 2.38 bits per heavy atom. The molecule has 9 heteroatoms. The highest BCUT2D eigenvalue weighted by molar-refractivity contribution is 7.11. The highest BCUT2D eigenvalue weighted by Crippen LogP contribution is 2.24. The van der Waals surface area contributed by atoms with Crippen LogP contribution in [0.15, 0.2) is 41.8 Å². The summed E-state index contributed by atoms with van der Waals surface area (Å²) in [6.07, 6.45) is -5.85. The number of ether oxygens (including phenoxy) is 2. The first-order valence-electron chi connectivity index (χ1n) is 6.66. The number of hydrogen-bond donors (Lipinski definition) is 1. The van der Waals surface area contributed by atoms with E-state index in [0.717, 1.165) is 12.1 Å². The number of halogens is 3. The van der Waals surface area contributed by atoms with Gasteiger partial charge in [0, 0.05) is 5.69 Å². The monoisotopic (exact) mass is 359 g/mol. The number of esters is 1. The Morgan fingerprint density at radius 1 is 1.17 bits per heavy atom. The largest absolute Gasteiger partial charge is 0.573 e. The van der Waals surface area contributed by atoms with Gasteiger partial charge in [-0.1, -0.05) is 6.07 Å². The van der Waals surface area contributed by atoms with Crippen LogP contribution in [0.4, 0.5) is 18.9 Å². The van der Waals surface area contributed by atoms with Gasteiger partial charge >= 0.3 is 12.3 Å². The molecule has 1 aromatic carbocycles. The van der Waals surface area contributed by atoms with Crippen molar-refractivity contribution in [1.29, 1.82) is 0 Å². The van der Waals surface area contributed by atoms with E-state index in [1.807, 2.05) is 0 Å². The molecule has 128 valence electrons. The van der Waals surface area contributed by atoms with E-state index in [-0.39, 0.29) is 5.69 Å². The molecule has 1 aromatic heterocycles. The first-order valence-corrected chi connectivity index (χ1v) is 7.54. The minimum Gasteiger partial charge on any atom is -0.448 e. The summed E-state index contributed by atoms with van der Waals surface area (Å²) in [6.45, 7) is 1.39. The Bertz CT molecular complexity index is 699. The molecule has 24 heavy (non-hydrogen) atoms. The maximum Gasteiger partial charge on any atom is 0.573 e. The minimum atomic E-state index is -4.78. The standard InChI is InChI=1S/C15H12F3NO4S/c1-9(22-14(21)12-3-2-8-24-12)13(20)19-10-4-6-11(7-5-10)23-15(16,17)18/h2-9H,1H3,(H,19,20)/t9-/m0/s1. The van der Waals surface area contributed by atoms with Gasteiger partial charge in [0.25, 0.3) is 5.91 Å². The SMILES string of the molecule is C[C@H](OC(=O)c1cccs1)C(=O)Nc1ccc(OC(F)(F)F)cc1. The second-order valence-corrected chi connectivity index (χ2v) is 5.53. The Morgan fingerprint density at radius 2 is 1.83 bits per heavy atom. The van der Waals surface area contributed by atoms with Gasteiger partial charge in [-0.2, -0.15) is 0 Å². The van der Waals surface area contributed by atoms with Crippen molar-refractivity contribution in [2.24, 2.45) is 0 Å². The molecule has 0 saturated heterocycles. The Hall–Kier alpha value is -2.55. The lowest BCUT2D eigenvalue weighted by Gasteiger charge is -2.13. The summed E-state index contributed by atoms with van der Waals surface area (Å²) in [7, 11) is 0.